The smallest absolute Gasteiger partial charge is 0.315 e. The Morgan fingerprint density at radius 2 is 2.21 bits per heavy atom. The molecule has 0 spiro atoms. The van der Waals surface area contributed by atoms with Crippen molar-refractivity contribution in [1.82, 2.24) is 15.2 Å². The zero-order valence-corrected chi connectivity index (χ0v) is 11.4. The molecule has 1 aromatic rings. The van der Waals surface area contributed by atoms with Gasteiger partial charge in [0.15, 0.2) is 0 Å². The van der Waals surface area contributed by atoms with E-state index in [2.05, 4.69) is 10.6 Å². The largest absolute Gasteiger partial charge is 0.385 e. The Kier molecular flexibility index (Phi) is 4.85. The molecule has 1 aliphatic rings. The summed E-state index contributed by atoms with van der Waals surface area (Å²) in [6.45, 7) is 0.233. The zero-order chi connectivity index (χ0) is 13.7. The molecule has 2 rings (SSSR count). The molecule has 0 unspecified atom stereocenters. The maximum absolute atomic E-state index is 11.7. The highest BCUT2D eigenvalue weighted by molar-refractivity contribution is 5.74. The quantitative estimate of drug-likeness (QED) is 0.775. The van der Waals surface area contributed by atoms with Crippen molar-refractivity contribution in [2.24, 2.45) is 7.05 Å². The summed E-state index contributed by atoms with van der Waals surface area (Å²) in [4.78, 5) is 11.7. The van der Waals surface area contributed by atoms with E-state index in [1.54, 1.807) is 0 Å². The third kappa shape index (κ3) is 3.99. The first kappa shape index (κ1) is 13.9. The second-order valence-corrected chi connectivity index (χ2v) is 5.25. The molecular formula is C14H23N3O2. The minimum atomic E-state index is -0.669. The van der Waals surface area contributed by atoms with Gasteiger partial charge in [-0.05, 0) is 25.0 Å². The Bertz CT molecular complexity index is 411. The molecule has 1 aromatic heterocycles. The van der Waals surface area contributed by atoms with E-state index in [1.165, 1.54) is 19.3 Å². The molecule has 19 heavy (non-hydrogen) atoms. The van der Waals surface area contributed by atoms with E-state index in [0.717, 1.165) is 18.5 Å². The first-order valence-electron chi connectivity index (χ1n) is 7.00. The number of hydrogen-bond donors (Lipinski definition) is 3. The van der Waals surface area contributed by atoms with Gasteiger partial charge < -0.3 is 20.3 Å². The van der Waals surface area contributed by atoms with Crippen LogP contribution in [0.15, 0.2) is 18.3 Å². The van der Waals surface area contributed by atoms with Crippen molar-refractivity contribution in [1.29, 1.82) is 0 Å². The maximum Gasteiger partial charge on any atom is 0.315 e. The standard InChI is InChI=1S/C14H23N3O2/c1-17-9-5-8-12(17)13(18)10-15-14(19)16-11-6-3-2-4-7-11/h5,8-9,11,13,18H,2-4,6-7,10H2,1H3,(H2,15,16,19)/t13-/m0/s1. The highest BCUT2D eigenvalue weighted by Crippen LogP contribution is 2.17. The van der Waals surface area contributed by atoms with Crippen LogP contribution in [0.3, 0.4) is 0 Å². The molecule has 0 saturated heterocycles. The van der Waals surface area contributed by atoms with Crippen LogP contribution in [0.5, 0.6) is 0 Å². The fourth-order valence-corrected chi connectivity index (χ4v) is 2.60. The number of nitrogens with one attached hydrogen (secondary N) is 2. The number of amides is 2. The minimum absolute atomic E-state index is 0.180. The SMILES string of the molecule is Cn1cccc1[C@@H](O)CNC(=O)NC1CCCCC1. The molecule has 1 aliphatic carbocycles. The number of urea groups is 1. The third-order valence-electron chi connectivity index (χ3n) is 3.72. The molecule has 1 fully saturated rings. The van der Waals surface area contributed by atoms with Crippen molar-refractivity contribution in [2.45, 2.75) is 44.2 Å². The van der Waals surface area contributed by atoms with Crippen molar-refractivity contribution in [3.63, 3.8) is 0 Å². The number of nitrogens with zero attached hydrogens (tertiary/aromatic N) is 1. The molecule has 3 N–H and O–H groups in total. The number of carbonyl (C=O) groups excluding carboxylic acids is 1. The number of rotatable bonds is 4. The first-order chi connectivity index (χ1) is 9.16. The van der Waals surface area contributed by atoms with Crippen LogP contribution in [0.2, 0.25) is 0 Å². The number of carbonyl (C=O) groups is 1. The van der Waals surface area contributed by atoms with E-state index in [9.17, 15) is 9.90 Å². The Hall–Kier alpha value is -1.49. The zero-order valence-electron chi connectivity index (χ0n) is 11.4. The van der Waals surface area contributed by atoms with Gasteiger partial charge in [0.25, 0.3) is 0 Å². The number of hydrogen-bond acceptors (Lipinski definition) is 2. The summed E-state index contributed by atoms with van der Waals surface area (Å²) in [6, 6.07) is 3.84. The Labute approximate surface area is 114 Å². The van der Waals surface area contributed by atoms with E-state index in [4.69, 9.17) is 0 Å². The molecule has 0 bridgehead atoms. The molecule has 1 heterocycles. The van der Waals surface area contributed by atoms with Crippen LogP contribution in [0.25, 0.3) is 0 Å². The average molecular weight is 265 g/mol. The van der Waals surface area contributed by atoms with Crippen LogP contribution in [-0.2, 0) is 7.05 Å². The minimum Gasteiger partial charge on any atom is -0.385 e. The number of aromatic nitrogens is 1. The highest BCUT2D eigenvalue weighted by atomic mass is 16.3. The summed E-state index contributed by atoms with van der Waals surface area (Å²) in [5.41, 5.74) is 0.804. The lowest BCUT2D eigenvalue weighted by molar-refractivity contribution is 0.165. The molecule has 5 nitrogen and oxygen atoms in total. The average Bonchev–Trinajstić information content (AvgIpc) is 2.83. The lowest BCUT2D eigenvalue weighted by Gasteiger charge is -2.23. The summed E-state index contributed by atoms with van der Waals surface area (Å²) >= 11 is 0. The van der Waals surface area contributed by atoms with Crippen LogP contribution >= 0.6 is 0 Å². The topological polar surface area (TPSA) is 66.3 Å². The molecule has 106 valence electrons. The van der Waals surface area contributed by atoms with Crippen molar-refractivity contribution in [3.8, 4) is 0 Å². The monoisotopic (exact) mass is 265 g/mol. The van der Waals surface area contributed by atoms with Gasteiger partial charge >= 0.3 is 6.03 Å². The lowest BCUT2D eigenvalue weighted by Crippen LogP contribution is -2.44. The van der Waals surface area contributed by atoms with Gasteiger partial charge in [0.1, 0.15) is 6.10 Å². The first-order valence-corrected chi connectivity index (χ1v) is 7.00. The van der Waals surface area contributed by atoms with E-state index < -0.39 is 6.10 Å². The van der Waals surface area contributed by atoms with E-state index in [-0.39, 0.29) is 12.6 Å². The molecule has 1 saturated carbocycles. The molecular weight excluding hydrogens is 242 g/mol. The molecule has 0 radical (unpaired) electrons. The predicted molar refractivity (Wildman–Crippen MR) is 73.8 cm³/mol. The van der Waals surface area contributed by atoms with Crippen molar-refractivity contribution < 1.29 is 9.90 Å². The third-order valence-corrected chi connectivity index (χ3v) is 3.72. The van der Waals surface area contributed by atoms with Gasteiger partial charge in [0.2, 0.25) is 0 Å². The van der Waals surface area contributed by atoms with Crippen LogP contribution in [0.4, 0.5) is 4.79 Å². The summed E-state index contributed by atoms with van der Waals surface area (Å²) in [5, 5.41) is 15.7. The Balaban J connectivity index is 1.72. The Morgan fingerprint density at radius 3 is 2.84 bits per heavy atom. The van der Waals surface area contributed by atoms with Crippen LogP contribution in [0, 0.1) is 0 Å². The predicted octanol–water partition coefficient (Wildman–Crippen LogP) is 1.69. The van der Waals surface area contributed by atoms with Crippen molar-refractivity contribution in [2.75, 3.05) is 6.54 Å². The number of aliphatic hydroxyl groups excluding tert-OH is 1. The van der Waals surface area contributed by atoms with Gasteiger partial charge in [-0.2, -0.15) is 0 Å². The van der Waals surface area contributed by atoms with E-state index in [1.807, 2.05) is 29.9 Å². The van der Waals surface area contributed by atoms with Gasteiger partial charge in [-0.3, -0.25) is 0 Å². The van der Waals surface area contributed by atoms with Gasteiger partial charge in [0, 0.05) is 25.0 Å². The van der Waals surface area contributed by atoms with Crippen LogP contribution in [-0.4, -0.2) is 28.3 Å². The summed E-state index contributed by atoms with van der Waals surface area (Å²) in [6.07, 6.45) is 6.99. The summed E-state index contributed by atoms with van der Waals surface area (Å²) < 4.78 is 1.85. The molecule has 2 amide bonds. The van der Waals surface area contributed by atoms with Gasteiger partial charge in [0.05, 0.1) is 6.54 Å². The molecule has 0 aromatic carbocycles. The maximum atomic E-state index is 11.7. The summed E-state index contributed by atoms with van der Waals surface area (Å²) in [5.74, 6) is 0. The fourth-order valence-electron chi connectivity index (χ4n) is 2.60. The van der Waals surface area contributed by atoms with Crippen LogP contribution in [0.1, 0.15) is 43.9 Å². The van der Waals surface area contributed by atoms with E-state index >= 15 is 0 Å². The van der Waals surface area contributed by atoms with Gasteiger partial charge in [-0.1, -0.05) is 19.3 Å². The van der Waals surface area contributed by atoms with Gasteiger partial charge in [-0.25, -0.2) is 4.79 Å². The van der Waals surface area contributed by atoms with E-state index in [0.29, 0.717) is 6.04 Å². The van der Waals surface area contributed by atoms with Crippen molar-refractivity contribution in [3.05, 3.63) is 24.0 Å². The molecule has 1 atom stereocenters. The number of aryl methyl sites for hydroxylation is 1. The number of aliphatic hydroxyl groups is 1. The lowest BCUT2D eigenvalue weighted by atomic mass is 9.96. The second kappa shape index (κ2) is 6.61. The van der Waals surface area contributed by atoms with Crippen LogP contribution < -0.4 is 10.6 Å². The highest BCUT2D eigenvalue weighted by Gasteiger charge is 2.16. The Morgan fingerprint density at radius 1 is 1.47 bits per heavy atom. The summed E-state index contributed by atoms with van der Waals surface area (Å²) in [7, 11) is 1.88. The normalized spacial score (nSPS) is 18.0. The molecule has 5 heteroatoms. The fraction of sp³-hybridized carbons (Fsp3) is 0.643. The van der Waals surface area contributed by atoms with Gasteiger partial charge in [-0.15, -0.1) is 0 Å². The molecule has 0 aliphatic heterocycles. The second-order valence-electron chi connectivity index (χ2n) is 5.25. The van der Waals surface area contributed by atoms with Crippen molar-refractivity contribution >= 4 is 6.03 Å².